The zero-order chi connectivity index (χ0) is 20.4. The smallest absolute Gasteiger partial charge is 0.227 e. The van der Waals surface area contributed by atoms with Gasteiger partial charge in [0.1, 0.15) is 11.5 Å². The molecule has 0 fully saturated rings. The third-order valence-corrected chi connectivity index (χ3v) is 4.19. The van der Waals surface area contributed by atoms with Crippen molar-refractivity contribution in [2.75, 3.05) is 33.9 Å². The molecule has 152 valence electrons. The van der Waals surface area contributed by atoms with E-state index in [1.165, 1.54) is 0 Å². The van der Waals surface area contributed by atoms with E-state index in [0.717, 1.165) is 23.6 Å². The Kier molecular flexibility index (Phi) is 8.91. The Balaban J connectivity index is 2.97. The van der Waals surface area contributed by atoms with E-state index < -0.39 is 5.41 Å². The van der Waals surface area contributed by atoms with E-state index in [1.807, 2.05) is 52.8 Å². The molecule has 0 saturated heterocycles. The van der Waals surface area contributed by atoms with Gasteiger partial charge in [0.2, 0.25) is 5.91 Å². The monoisotopic (exact) mass is 378 g/mol. The summed E-state index contributed by atoms with van der Waals surface area (Å²) in [5, 5.41) is 9.46. The van der Waals surface area contributed by atoms with Crippen LogP contribution in [0.2, 0.25) is 0 Å². The first kappa shape index (κ1) is 22.6. The quantitative estimate of drug-likeness (QED) is 0.454. The molecule has 0 aliphatic heterocycles. The number of nitrogens with one attached hydrogen (secondary N) is 3. The molecule has 0 radical (unpaired) electrons. The van der Waals surface area contributed by atoms with E-state index in [0.29, 0.717) is 19.0 Å². The minimum absolute atomic E-state index is 0.00730. The Morgan fingerprint density at radius 3 is 2.37 bits per heavy atom. The van der Waals surface area contributed by atoms with Gasteiger partial charge in [0.25, 0.3) is 0 Å². The second-order valence-corrected chi connectivity index (χ2v) is 6.91. The van der Waals surface area contributed by atoms with Gasteiger partial charge in [-0.3, -0.25) is 9.79 Å². The maximum Gasteiger partial charge on any atom is 0.227 e. The van der Waals surface area contributed by atoms with Crippen LogP contribution in [0.4, 0.5) is 0 Å². The van der Waals surface area contributed by atoms with Gasteiger partial charge in [-0.25, -0.2) is 0 Å². The van der Waals surface area contributed by atoms with Gasteiger partial charge in [-0.2, -0.15) is 0 Å². The molecule has 0 aliphatic rings. The maximum absolute atomic E-state index is 12.2. The van der Waals surface area contributed by atoms with Gasteiger partial charge in [0.15, 0.2) is 5.96 Å². The third kappa shape index (κ3) is 6.66. The van der Waals surface area contributed by atoms with E-state index in [2.05, 4.69) is 20.9 Å². The summed E-state index contributed by atoms with van der Waals surface area (Å²) in [6.45, 7) is 11.4. The number of guanidine groups is 1. The summed E-state index contributed by atoms with van der Waals surface area (Å²) < 4.78 is 10.8. The zero-order valence-electron chi connectivity index (χ0n) is 17.6. The van der Waals surface area contributed by atoms with Crippen LogP contribution in [0.1, 0.15) is 46.2 Å². The van der Waals surface area contributed by atoms with Crippen molar-refractivity contribution in [1.29, 1.82) is 0 Å². The van der Waals surface area contributed by atoms with Crippen molar-refractivity contribution < 1.29 is 14.3 Å². The summed E-state index contributed by atoms with van der Waals surface area (Å²) in [5.74, 6) is 2.17. The molecule has 1 amide bonds. The zero-order valence-corrected chi connectivity index (χ0v) is 17.6. The van der Waals surface area contributed by atoms with Crippen LogP contribution in [0, 0.1) is 5.41 Å². The molecule has 0 saturated carbocycles. The van der Waals surface area contributed by atoms with E-state index >= 15 is 0 Å². The number of amides is 1. The highest BCUT2D eigenvalue weighted by Crippen LogP contribution is 2.29. The highest BCUT2D eigenvalue weighted by molar-refractivity contribution is 5.84. The number of methoxy groups -OCH3 is 2. The van der Waals surface area contributed by atoms with Crippen LogP contribution in [-0.2, 0) is 4.79 Å². The molecule has 1 unspecified atom stereocenters. The van der Waals surface area contributed by atoms with Crippen molar-refractivity contribution in [3.05, 3.63) is 23.8 Å². The number of benzene rings is 1. The molecular weight excluding hydrogens is 344 g/mol. The third-order valence-electron chi connectivity index (χ3n) is 4.19. The van der Waals surface area contributed by atoms with Gasteiger partial charge in [-0.1, -0.05) is 0 Å². The fourth-order valence-electron chi connectivity index (χ4n) is 2.53. The lowest BCUT2D eigenvalue weighted by Gasteiger charge is -2.24. The highest BCUT2D eigenvalue weighted by atomic mass is 16.5. The average molecular weight is 379 g/mol. The first-order chi connectivity index (χ1) is 12.8. The maximum atomic E-state index is 12.2. The van der Waals surface area contributed by atoms with Gasteiger partial charge in [-0.05, 0) is 52.8 Å². The van der Waals surface area contributed by atoms with Crippen LogP contribution in [0.5, 0.6) is 11.5 Å². The molecule has 1 aromatic rings. The number of ether oxygens (including phenoxy) is 2. The molecule has 0 spiro atoms. The van der Waals surface area contributed by atoms with Crippen molar-refractivity contribution >= 4 is 11.9 Å². The van der Waals surface area contributed by atoms with E-state index in [-0.39, 0.29) is 11.9 Å². The van der Waals surface area contributed by atoms with Crippen LogP contribution in [0.25, 0.3) is 0 Å². The highest BCUT2D eigenvalue weighted by Gasteiger charge is 2.27. The van der Waals surface area contributed by atoms with E-state index in [1.54, 1.807) is 14.2 Å². The Morgan fingerprint density at radius 2 is 1.81 bits per heavy atom. The van der Waals surface area contributed by atoms with Gasteiger partial charge < -0.3 is 25.4 Å². The van der Waals surface area contributed by atoms with Gasteiger partial charge in [-0.15, -0.1) is 0 Å². The number of rotatable bonds is 9. The summed E-state index contributed by atoms with van der Waals surface area (Å²) in [5.41, 5.74) is 0.375. The number of carbonyl (C=O) groups is 1. The molecule has 7 heteroatoms. The molecule has 1 atom stereocenters. The summed E-state index contributed by atoms with van der Waals surface area (Å²) >= 11 is 0. The van der Waals surface area contributed by atoms with Crippen molar-refractivity contribution in [2.45, 2.75) is 40.7 Å². The van der Waals surface area contributed by atoms with Crippen LogP contribution < -0.4 is 25.4 Å². The fourth-order valence-corrected chi connectivity index (χ4v) is 2.53. The summed E-state index contributed by atoms with van der Waals surface area (Å²) in [7, 11) is 3.28. The van der Waals surface area contributed by atoms with Crippen LogP contribution in [0.3, 0.4) is 0 Å². The SMILES string of the molecule is CCNC(=O)C(C)(C)CN=C(NCC)NC(C)c1cc(OC)ccc1OC. The van der Waals surface area contributed by atoms with Gasteiger partial charge in [0, 0.05) is 18.7 Å². The number of hydrogen-bond acceptors (Lipinski definition) is 4. The molecule has 0 aliphatic carbocycles. The number of nitrogens with zero attached hydrogens (tertiary/aromatic N) is 1. The normalized spacial score (nSPS) is 12.9. The Bertz CT molecular complexity index is 644. The molecule has 0 bridgehead atoms. The summed E-state index contributed by atoms with van der Waals surface area (Å²) in [4.78, 5) is 16.8. The molecule has 0 heterocycles. The largest absolute Gasteiger partial charge is 0.497 e. The minimum atomic E-state index is -0.588. The lowest BCUT2D eigenvalue weighted by molar-refractivity contribution is -0.128. The first-order valence-corrected chi connectivity index (χ1v) is 9.34. The second-order valence-electron chi connectivity index (χ2n) is 6.91. The minimum Gasteiger partial charge on any atom is -0.497 e. The Labute approximate surface area is 162 Å². The van der Waals surface area contributed by atoms with Gasteiger partial charge >= 0.3 is 0 Å². The number of hydrogen-bond donors (Lipinski definition) is 3. The second kappa shape index (κ2) is 10.6. The number of aliphatic imine (C=N–C) groups is 1. The van der Waals surface area contributed by atoms with Crippen molar-refractivity contribution in [1.82, 2.24) is 16.0 Å². The lowest BCUT2D eigenvalue weighted by Crippen LogP contribution is -2.42. The molecular formula is C20H34N4O3. The average Bonchev–Trinajstić information content (AvgIpc) is 2.65. The molecule has 0 aromatic heterocycles. The van der Waals surface area contributed by atoms with Crippen molar-refractivity contribution in [3.63, 3.8) is 0 Å². The molecule has 1 rings (SSSR count). The molecule has 3 N–H and O–H groups in total. The topological polar surface area (TPSA) is 84.0 Å². The predicted octanol–water partition coefficient (Wildman–Crippen LogP) is 2.48. The van der Waals surface area contributed by atoms with Crippen molar-refractivity contribution in [3.8, 4) is 11.5 Å². The van der Waals surface area contributed by atoms with E-state index in [9.17, 15) is 4.79 Å². The standard InChI is InChI=1S/C20H34N4O3/c1-8-21-18(25)20(4,5)13-23-19(22-9-2)24-14(3)16-12-15(26-6)10-11-17(16)27-7/h10-12,14H,8-9,13H2,1-7H3,(H,21,25)(H2,22,23,24). The molecule has 27 heavy (non-hydrogen) atoms. The first-order valence-electron chi connectivity index (χ1n) is 9.34. The number of carbonyl (C=O) groups excluding carboxylic acids is 1. The van der Waals surface area contributed by atoms with E-state index in [4.69, 9.17) is 9.47 Å². The fraction of sp³-hybridized carbons (Fsp3) is 0.600. The predicted molar refractivity (Wildman–Crippen MR) is 110 cm³/mol. The van der Waals surface area contributed by atoms with Gasteiger partial charge in [0.05, 0.1) is 32.2 Å². The Hall–Kier alpha value is -2.44. The van der Waals surface area contributed by atoms with Crippen molar-refractivity contribution in [2.24, 2.45) is 10.4 Å². The van der Waals surface area contributed by atoms with Crippen LogP contribution >= 0.6 is 0 Å². The summed E-state index contributed by atoms with van der Waals surface area (Å²) in [6, 6.07) is 5.62. The molecule has 1 aromatic carbocycles. The lowest BCUT2D eigenvalue weighted by atomic mass is 9.92. The Morgan fingerprint density at radius 1 is 1.15 bits per heavy atom. The van der Waals surface area contributed by atoms with Crippen LogP contribution in [-0.4, -0.2) is 45.7 Å². The summed E-state index contributed by atoms with van der Waals surface area (Å²) in [6.07, 6.45) is 0. The molecule has 7 nitrogen and oxygen atoms in total. The van der Waals surface area contributed by atoms with Crippen LogP contribution in [0.15, 0.2) is 23.2 Å².